The summed E-state index contributed by atoms with van der Waals surface area (Å²) in [7, 11) is 1.57. The predicted molar refractivity (Wildman–Crippen MR) is 112 cm³/mol. The second kappa shape index (κ2) is 11.2. The highest BCUT2D eigenvalue weighted by Gasteiger charge is 2.48. The molecule has 3 rings (SSSR count). The maximum Gasteiger partial charge on any atom is 0.305 e. The predicted octanol–water partition coefficient (Wildman–Crippen LogP) is 3.87. The summed E-state index contributed by atoms with van der Waals surface area (Å²) in [6.07, 6.45) is -2.47. The number of benzene rings is 2. The van der Waals surface area contributed by atoms with E-state index >= 15 is 0 Å². The lowest BCUT2D eigenvalue weighted by Gasteiger charge is -2.44. The van der Waals surface area contributed by atoms with Crippen molar-refractivity contribution in [3.63, 3.8) is 0 Å². The molecule has 6 nitrogen and oxygen atoms in total. The normalized spacial score (nSPS) is 26.3. The average Bonchev–Trinajstić information content (AvgIpc) is 2.79. The molecular formula is C24H30O6. The van der Waals surface area contributed by atoms with E-state index in [4.69, 9.17) is 23.7 Å². The Morgan fingerprint density at radius 3 is 1.90 bits per heavy atom. The van der Waals surface area contributed by atoms with Crippen LogP contribution in [0.5, 0.6) is 0 Å². The zero-order chi connectivity index (χ0) is 21.3. The highest BCUT2D eigenvalue weighted by Crippen LogP contribution is 2.30. The average molecular weight is 414 g/mol. The quantitative estimate of drug-likeness (QED) is 0.581. The van der Waals surface area contributed by atoms with Crippen LogP contribution in [0.4, 0.5) is 0 Å². The van der Waals surface area contributed by atoms with E-state index < -0.39 is 30.7 Å². The first-order valence-electron chi connectivity index (χ1n) is 10.3. The van der Waals surface area contributed by atoms with Gasteiger partial charge in [-0.05, 0) is 18.1 Å². The van der Waals surface area contributed by atoms with Crippen molar-refractivity contribution >= 4 is 5.97 Å². The van der Waals surface area contributed by atoms with Gasteiger partial charge in [0, 0.05) is 13.5 Å². The van der Waals surface area contributed by atoms with Crippen molar-refractivity contribution in [2.45, 2.75) is 64.2 Å². The van der Waals surface area contributed by atoms with Crippen molar-refractivity contribution in [3.05, 3.63) is 71.8 Å². The molecule has 1 heterocycles. The van der Waals surface area contributed by atoms with E-state index in [-0.39, 0.29) is 12.4 Å². The van der Waals surface area contributed by atoms with Gasteiger partial charge < -0.3 is 23.7 Å². The van der Waals surface area contributed by atoms with Crippen LogP contribution in [0.2, 0.25) is 0 Å². The standard InChI is InChI=1S/C24H30O6/c1-4-20(25)30-21-17(2)29-24(26-3)23(28-16-19-13-9-6-10-14-19)22(21)27-15-18-11-7-5-8-12-18/h5-14,17,21-24H,4,15-16H2,1-3H3/t17-,21-,22+,23-,24+/m1/s1. The molecule has 2 aromatic rings. The van der Waals surface area contributed by atoms with Crippen molar-refractivity contribution in [1.82, 2.24) is 0 Å². The van der Waals surface area contributed by atoms with Gasteiger partial charge in [0.25, 0.3) is 0 Å². The SMILES string of the molecule is CCC(=O)O[C@H]1[C@H](OCc2ccccc2)[C@@H](OCc2ccccc2)[C@@H](OC)O[C@@H]1C. The molecule has 0 saturated carbocycles. The molecule has 0 bridgehead atoms. The Labute approximate surface area is 178 Å². The molecule has 0 amide bonds. The zero-order valence-electron chi connectivity index (χ0n) is 17.7. The molecule has 0 aromatic heterocycles. The van der Waals surface area contributed by atoms with Crippen LogP contribution in [0.25, 0.3) is 0 Å². The molecule has 2 aromatic carbocycles. The van der Waals surface area contributed by atoms with E-state index in [0.29, 0.717) is 13.2 Å². The van der Waals surface area contributed by atoms with Gasteiger partial charge in [0.15, 0.2) is 12.4 Å². The van der Waals surface area contributed by atoms with Crippen molar-refractivity contribution < 1.29 is 28.5 Å². The lowest BCUT2D eigenvalue weighted by atomic mass is 9.98. The van der Waals surface area contributed by atoms with Gasteiger partial charge in [-0.1, -0.05) is 67.6 Å². The molecule has 6 heteroatoms. The highest BCUT2D eigenvalue weighted by molar-refractivity contribution is 5.69. The third kappa shape index (κ3) is 5.89. The number of methoxy groups -OCH3 is 1. The maximum absolute atomic E-state index is 12.1. The summed E-state index contributed by atoms with van der Waals surface area (Å²) in [5.41, 5.74) is 2.04. The fourth-order valence-electron chi connectivity index (χ4n) is 3.46. The fraction of sp³-hybridized carbons (Fsp3) is 0.458. The molecule has 1 aliphatic heterocycles. The van der Waals surface area contributed by atoms with Crippen molar-refractivity contribution in [3.8, 4) is 0 Å². The fourth-order valence-corrected chi connectivity index (χ4v) is 3.46. The number of hydrogen-bond acceptors (Lipinski definition) is 6. The number of carbonyl (C=O) groups excluding carboxylic acids is 1. The number of ether oxygens (including phenoxy) is 5. The molecule has 1 fully saturated rings. The van der Waals surface area contributed by atoms with E-state index in [2.05, 4.69) is 0 Å². The molecule has 0 unspecified atom stereocenters. The summed E-state index contributed by atoms with van der Waals surface area (Å²) in [5, 5.41) is 0. The first-order valence-corrected chi connectivity index (χ1v) is 10.3. The molecule has 162 valence electrons. The summed E-state index contributed by atoms with van der Waals surface area (Å²) in [6, 6.07) is 19.7. The van der Waals surface area contributed by atoms with Gasteiger partial charge in [0.1, 0.15) is 12.2 Å². The molecule has 30 heavy (non-hydrogen) atoms. The van der Waals surface area contributed by atoms with E-state index in [1.54, 1.807) is 14.0 Å². The number of esters is 1. The van der Waals surface area contributed by atoms with E-state index in [1.165, 1.54) is 0 Å². The summed E-state index contributed by atoms with van der Waals surface area (Å²) in [5.74, 6) is -0.304. The number of hydrogen-bond donors (Lipinski definition) is 0. The Bertz CT molecular complexity index is 766. The largest absolute Gasteiger partial charge is 0.457 e. The zero-order valence-corrected chi connectivity index (χ0v) is 17.7. The topological polar surface area (TPSA) is 63.2 Å². The Morgan fingerprint density at radius 2 is 1.40 bits per heavy atom. The molecule has 0 spiro atoms. The number of rotatable bonds is 9. The van der Waals surface area contributed by atoms with Gasteiger partial charge in [-0.25, -0.2) is 0 Å². The van der Waals surface area contributed by atoms with Gasteiger partial charge in [-0.3, -0.25) is 4.79 Å². The van der Waals surface area contributed by atoms with Gasteiger partial charge in [0.2, 0.25) is 0 Å². The van der Waals surface area contributed by atoms with Crippen LogP contribution in [0.3, 0.4) is 0 Å². The van der Waals surface area contributed by atoms with Crippen LogP contribution >= 0.6 is 0 Å². The summed E-state index contributed by atoms with van der Waals surface area (Å²) < 4.78 is 29.7. The van der Waals surface area contributed by atoms with E-state index in [1.807, 2.05) is 67.6 Å². The molecule has 0 radical (unpaired) electrons. The lowest BCUT2D eigenvalue weighted by molar-refractivity contribution is -0.309. The lowest BCUT2D eigenvalue weighted by Crippen LogP contribution is -2.60. The summed E-state index contributed by atoms with van der Waals surface area (Å²) in [6.45, 7) is 4.34. The summed E-state index contributed by atoms with van der Waals surface area (Å²) in [4.78, 5) is 12.1. The van der Waals surface area contributed by atoms with Gasteiger partial charge in [-0.2, -0.15) is 0 Å². The highest BCUT2D eigenvalue weighted by atomic mass is 16.7. The van der Waals surface area contributed by atoms with Crippen molar-refractivity contribution in [2.75, 3.05) is 7.11 Å². The van der Waals surface area contributed by atoms with Crippen LogP contribution in [0, 0.1) is 0 Å². The van der Waals surface area contributed by atoms with Gasteiger partial charge in [-0.15, -0.1) is 0 Å². The summed E-state index contributed by atoms with van der Waals surface area (Å²) >= 11 is 0. The van der Waals surface area contributed by atoms with Crippen LogP contribution in [0.15, 0.2) is 60.7 Å². The Morgan fingerprint density at radius 1 is 0.867 bits per heavy atom. The first kappa shape index (κ1) is 22.4. The maximum atomic E-state index is 12.1. The Hall–Kier alpha value is -2.25. The Balaban J connectivity index is 1.81. The molecule has 1 aliphatic rings. The Kier molecular flexibility index (Phi) is 8.39. The second-order valence-electron chi connectivity index (χ2n) is 7.28. The third-order valence-electron chi connectivity index (χ3n) is 5.09. The van der Waals surface area contributed by atoms with Crippen LogP contribution in [-0.4, -0.2) is 43.8 Å². The molecule has 0 aliphatic carbocycles. The molecule has 5 atom stereocenters. The molecule has 0 N–H and O–H groups in total. The van der Waals surface area contributed by atoms with Crippen molar-refractivity contribution in [2.24, 2.45) is 0 Å². The van der Waals surface area contributed by atoms with Gasteiger partial charge in [0.05, 0.1) is 19.3 Å². The third-order valence-corrected chi connectivity index (χ3v) is 5.09. The molecule has 1 saturated heterocycles. The molecular weight excluding hydrogens is 384 g/mol. The monoisotopic (exact) mass is 414 g/mol. The number of carbonyl (C=O) groups is 1. The minimum atomic E-state index is -0.638. The smallest absolute Gasteiger partial charge is 0.305 e. The van der Waals surface area contributed by atoms with E-state index in [0.717, 1.165) is 11.1 Å². The minimum absolute atomic E-state index is 0.276. The first-order chi connectivity index (χ1) is 14.6. The van der Waals surface area contributed by atoms with Gasteiger partial charge >= 0.3 is 5.97 Å². The minimum Gasteiger partial charge on any atom is -0.457 e. The van der Waals surface area contributed by atoms with Crippen molar-refractivity contribution in [1.29, 1.82) is 0 Å². The van der Waals surface area contributed by atoms with Crippen LogP contribution in [-0.2, 0) is 41.7 Å². The van der Waals surface area contributed by atoms with Crippen LogP contribution in [0.1, 0.15) is 31.4 Å². The van der Waals surface area contributed by atoms with Crippen LogP contribution < -0.4 is 0 Å². The van der Waals surface area contributed by atoms with E-state index in [9.17, 15) is 4.79 Å². The second-order valence-corrected chi connectivity index (χ2v) is 7.28.